The van der Waals surface area contributed by atoms with Crippen LogP contribution in [0.4, 0.5) is 15.8 Å². The molecule has 0 bridgehead atoms. The Hall–Kier alpha value is -1.47. The molecule has 1 heterocycles. The number of rotatable bonds is 3. The van der Waals surface area contributed by atoms with Crippen LogP contribution in [0.25, 0.3) is 0 Å². The molecule has 2 rings (SSSR count). The van der Waals surface area contributed by atoms with Crippen molar-refractivity contribution in [3.05, 3.63) is 31.6 Å². The minimum atomic E-state index is -0.488. The summed E-state index contributed by atoms with van der Waals surface area (Å²) < 4.78 is 13.9. The van der Waals surface area contributed by atoms with Crippen molar-refractivity contribution in [1.29, 1.82) is 5.26 Å². The number of nitriles is 1. The second-order valence-electron chi connectivity index (χ2n) is 4.43. The van der Waals surface area contributed by atoms with Crippen molar-refractivity contribution in [2.45, 2.75) is 0 Å². The number of halogens is 2. The van der Waals surface area contributed by atoms with Gasteiger partial charge in [0, 0.05) is 38.3 Å². The van der Waals surface area contributed by atoms with E-state index in [2.05, 4.69) is 6.07 Å². The number of nitrogens with zero attached hydrogens (tertiary/aromatic N) is 4. The zero-order chi connectivity index (χ0) is 14.7. The molecule has 0 saturated carbocycles. The molecule has 0 unspecified atom stereocenters. The lowest BCUT2D eigenvalue weighted by Crippen LogP contribution is -2.46. The van der Waals surface area contributed by atoms with E-state index in [9.17, 15) is 14.5 Å². The third-order valence-corrected chi connectivity index (χ3v) is 4.05. The molecule has 0 N–H and O–H groups in total. The molecule has 1 aromatic carbocycles. The zero-order valence-corrected chi connectivity index (χ0v) is 12.7. The zero-order valence-electron chi connectivity index (χ0n) is 10.6. The quantitative estimate of drug-likeness (QED) is 0.342. The van der Waals surface area contributed by atoms with Crippen LogP contribution >= 0.6 is 22.6 Å². The highest BCUT2D eigenvalue weighted by Crippen LogP contribution is 2.32. The van der Waals surface area contributed by atoms with E-state index >= 15 is 0 Å². The average Bonchev–Trinajstić information content (AvgIpc) is 2.42. The Morgan fingerprint density at radius 1 is 1.40 bits per heavy atom. The summed E-state index contributed by atoms with van der Waals surface area (Å²) in [4.78, 5) is 14.4. The predicted molar refractivity (Wildman–Crippen MR) is 80.0 cm³/mol. The van der Waals surface area contributed by atoms with E-state index in [1.165, 1.54) is 12.1 Å². The number of anilines is 1. The summed E-state index contributed by atoms with van der Waals surface area (Å²) in [6, 6.07) is 4.56. The van der Waals surface area contributed by atoms with Crippen LogP contribution in [-0.4, -0.2) is 42.5 Å². The van der Waals surface area contributed by atoms with Crippen LogP contribution < -0.4 is 4.90 Å². The molecule has 0 spiro atoms. The Morgan fingerprint density at radius 3 is 2.60 bits per heavy atom. The van der Waals surface area contributed by atoms with Crippen molar-refractivity contribution in [1.82, 2.24) is 4.90 Å². The van der Waals surface area contributed by atoms with Crippen LogP contribution in [0, 0.1) is 30.8 Å². The van der Waals surface area contributed by atoms with Crippen molar-refractivity contribution >= 4 is 34.0 Å². The first-order valence-electron chi connectivity index (χ1n) is 6.00. The summed E-state index contributed by atoms with van der Waals surface area (Å²) >= 11 is 1.74. The van der Waals surface area contributed by atoms with E-state index < -0.39 is 10.7 Å². The van der Waals surface area contributed by atoms with Crippen molar-refractivity contribution in [2.75, 3.05) is 37.6 Å². The monoisotopic (exact) mass is 390 g/mol. The lowest BCUT2D eigenvalue weighted by Gasteiger charge is -2.34. The largest absolute Gasteiger partial charge is 0.363 e. The van der Waals surface area contributed by atoms with Gasteiger partial charge in [0.05, 0.1) is 21.1 Å². The van der Waals surface area contributed by atoms with E-state index in [1.807, 2.05) is 4.90 Å². The number of benzene rings is 1. The minimum Gasteiger partial charge on any atom is -0.363 e. The topological polar surface area (TPSA) is 73.4 Å². The number of piperazine rings is 1. The third-order valence-electron chi connectivity index (χ3n) is 3.22. The molecule has 6 nitrogen and oxygen atoms in total. The maximum atomic E-state index is 13.7. The molecule has 0 radical (unpaired) electrons. The number of hydrogen-bond donors (Lipinski definition) is 0. The lowest BCUT2D eigenvalue weighted by atomic mass is 10.2. The Balaban J connectivity index is 2.23. The second kappa shape index (κ2) is 6.32. The molecular weight excluding hydrogens is 378 g/mol. The molecule has 0 aromatic heterocycles. The van der Waals surface area contributed by atoms with Crippen molar-refractivity contribution in [3.8, 4) is 6.07 Å². The van der Waals surface area contributed by atoms with E-state index in [1.54, 1.807) is 27.5 Å². The summed E-state index contributed by atoms with van der Waals surface area (Å²) in [5.74, 6) is -0.453. The SMILES string of the molecule is N#CCN1CCN(c2cc(F)c(I)cc2[N+](=O)[O-])CC1. The average molecular weight is 390 g/mol. The summed E-state index contributed by atoms with van der Waals surface area (Å²) in [6.45, 7) is 2.71. The third kappa shape index (κ3) is 3.16. The fourth-order valence-electron chi connectivity index (χ4n) is 2.17. The van der Waals surface area contributed by atoms with E-state index in [4.69, 9.17) is 5.26 Å². The van der Waals surface area contributed by atoms with E-state index in [0.717, 1.165) is 0 Å². The molecule has 20 heavy (non-hydrogen) atoms. The van der Waals surface area contributed by atoms with Gasteiger partial charge in [-0.1, -0.05) is 0 Å². The van der Waals surface area contributed by atoms with Crippen molar-refractivity contribution in [2.24, 2.45) is 0 Å². The van der Waals surface area contributed by atoms with Crippen LogP contribution in [0.1, 0.15) is 0 Å². The Kier molecular flexibility index (Phi) is 4.72. The minimum absolute atomic E-state index is 0.0791. The standard InChI is InChI=1S/C12H12FIN4O2/c13-9-7-11(12(18(19)20)8-10(9)14)17-5-3-16(2-1-15)4-6-17/h7-8H,2-6H2. The molecule has 1 aromatic rings. The normalized spacial score (nSPS) is 15.9. The van der Waals surface area contributed by atoms with Gasteiger partial charge in [-0.15, -0.1) is 0 Å². The maximum Gasteiger partial charge on any atom is 0.293 e. The van der Waals surface area contributed by atoms with Crippen LogP contribution in [0.15, 0.2) is 12.1 Å². The highest BCUT2D eigenvalue weighted by molar-refractivity contribution is 14.1. The summed E-state index contributed by atoms with van der Waals surface area (Å²) in [5, 5.41) is 19.7. The van der Waals surface area contributed by atoms with Gasteiger partial charge in [0.1, 0.15) is 11.5 Å². The second-order valence-corrected chi connectivity index (χ2v) is 5.60. The smallest absolute Gasteiger partial charge is 0.293 e. The molecule has 0 amide bonds. The van der Waals surface area contributed by atoms with Gasteiger partial charge in [-0.3, -0.25) is 15.0 Å². The van der Waals surface area contributed by atoms with Crippen LogP contribution in [0.2, 0.25) is 0 Å². The molecule has 1 aliphatic rings. The summed E-state index contributed by atoms with van der Waals surface area (Å²) in [5.41, 5.74) is 0.231. The molecule has 8 heteroatoms. The highest BCUT2D eigenvalue weighted by Gasteiger charge is 2.25. The molecule has 0 aliphatic carbocycles. The molecule has 1 fully saturated rings. The van der Waals surface area contributed by atoms with E-state index in [0.29, 0.717) is 38.4 Å². The first kappa shape index (κ1) is 14.9. The van der Waals surface area contributed by atoms with Crippen molar-refractivity contribution in [3.63, 3.8) is 0 Å². The van der Waals surface area contributed by atoms with Crippen molar-refractivity contribution < 1.29 is 9.31 Å². The fraction of sp³-hybridized carbons (Fsp3) is 0.417. The van der Waals surface area contributed by atoms with Gasteiger partial charge < -0.3 is 4.90 Å². The maximum absolute atomic E-state index is 13.7. The molecule has 1 saturated heterocycles. The fourth-order valence-corrected chi connectivity index (χ4v) is 2.62. The van der Waals surface area contributed by atoms with Gasteiger partial charge in [-0.25, -0.2) is 4.39 Å². The predicted octanol–water partition coefficient (Wildman–Crippen LogP) is 1.98. The van der Waals surface area contributed by atoms with Crippen LogP contribution in [0.3, 0.4) is 0 Å². The summed E-state index contributed by atoms with van der Waals surface area (Å²) in [6.07, 6.45) is 0. The first-order valence-corrected chi connectivity index (χ1v) is 7.08. The molecule has 106 valence electrons. The number of nitro groups is 1. The summed E-state index contributed by atoms with van der Waals surface area (Å²) in [7, 11) is 0. The highest BCUT2D eigenvalue weighted by atomic mass is 127. The Morgan fingerprint density at radius 2 is 2.05 bits per heavy atom. The van der Waals surface area contributed by atoms with Gasteiger partial charge in [-0.05, 0) is 22.6 Å². The van der Waals surface area contributed by atoms with Gasteiger partial charge in [0.15, 0.2) is 0 Å². The molecule has 0 atom stereocenters. The molecule has 1 aliphatic heterocycles. The van der Waals surface area contributed by atoms with E-state index in [-0.39, 0.29) is 9.26 Å². The molecular formula is C12H12FIN4O2. The Bertz CT molecular complexity index is 567. The van der Waals surface area contributed by atoms with Gasteiger partial charge in [0.2, 0.25) is 0 Å². The first-order chi connectivity index (χ1) is 9.52. The lowest BCUT2D eigenvalue weighted by molar-refractivity contribution is -0.384. The van der Waals surface area contributed by atoms with Gasteiger partial charge in [0.25, 0.3) is 5.69 Å². The number of nitro benzene ring substituents is 1. The van der Waals surface area contributed by atoms with Gasteiger partial charge in [-0.2, -0.15) is 5.26 Å². The van der Waals surface area contributed by atoms with Crippen LogP contribution in [0.5, 0.6) is 0 Å². The number of hydrogen-bond acceptors (Lipinski definition) is 5. The van der Waals surface area contributed by atoms with Crippen LogP contribution in [-0.2, 0) is 0 Å². The van der Waals surface area contributed by atoms with Gasteiger partial charge >= 0.3 is 0 Å². The Labute approximate surface area is 129 Å².